The van der Waals surface area contributed by atoms with Gasteiger partial charge in [-0.1, -0.05) is 96.6 Å². The van der Waals surface area contributed by atoms with Crippen LogP contribution in [0.1, 0.15) is 52.2 Å². The lowest BCUT2D eigenvalue weighted by Gasteiger charge is -2.41. The van der Waals surface area contributed by atoms with Crippen molar-refractivity contribution >= 4 is 27.3 Å². The molecule has 0 unspecified atom stereocenters. The van der Waals surface area contributed by atoms with Crippen LogP contribution in [0, 0.1) is 17.0 Å². The zero-order valence-corrected chi connectivity index (χ0v) is 33.7. The second-order valence-electron chi connectivity index (χ2n) is 15.0. The maximum Gasteiger partial charge on any atom is 0.269 e. The Hall–Kier alpha value is -5.48. The number of rotatable bonds is 15. The molecule has 2 heterocycles. The molecule has 3 N–H and O–H groups in total. The van der Waals surface area contributed by atoms with Crippen molar-refractivity contribution in [2.45, 2.75) is 62.4 Å². The molecule has 4 atom stereocenters. The van der Waals surface area contributed by atoms with Crippen molar-refractivity contribution in [2.75, 3.05) is 37.6 Å². The summed E-state index contributed by atoms with van der Waals surface area (Å²) < 4.78 is 42.5. The Bertz CT molecular complexity index is 2270. The largest absolute Gasteiger partial charge is 0.392 e. The van der Waals surface area contributed by atoms with Crippen molar-refractivity contribution in [1.82, 2.24) is 14.9 Å². The Morgan fingerprint density at radius 3 is 2.10 bits per heavy atom. The number of piperazine rings is 1. The molecule has 0 saturated carbocycles. The molecule has 1 amide bonds. The third-order valence-electron chi connectivity index (χ3n) is 10.8. The number of amides is 1. The number of non-ortho nitro benzene ring substituents is 1. The molecule has 13 nitrogen and oxygen atoms in total. The van der Waals surface area contributed by atoms with Crippen LogP contribution >= 0.6 is 0 Å². The predicted octanol–water partition coefficient (Wildman–Crippen LogP) is 5.97. The van der Waals surface area contributed by atoms with Gasteiger partial charge in [0.2, 0.25) is 15.9 Å². The van der Waals surface area contributed by atoms with Gasteiger partial charge in [-0.05, 0) is 59.9 Å². The molecule has 0 radical (unpaired) electrons. The van der Waals surface area contributed by atoms with Crippen molar-refractivity contribution in [3.63, 3.8) is 0 Å². The van der Waals surface area contributed by atoms with Gasteiger partial charge in [0, 0.05) is 69.1 Å². The van der Waals surface area contributed by atoms with Crippen LogP contribution in [0.3, 0.4) is 0 Å². The first kappa shape index (κ1) is 41.7. The van der Waals surface area contributed by atoms with Gasteiger partial charge < -0.3 is 24.8 Å². The van der Waals surface area contributed by atoms with Gasteiger partial charge in [0.05, 0.1) is 28.6 Å². The molecule has 2 saturated heterocycles. The highest BCUT2D eigenvalue weighted by Gasteiger charge is 2.34. The Kier molecular flexibility index (Phi) is 13.5. The van der Waals surface area contributed by atoms with Gasteiger partial charge in [-0.25, -0.2) is 8.42 Å². The number of nitro benzene ring substituents is 1. The van der Waals surface area contributed by atoms with E-state index in [9.17, 15) is 28.4 Å². The van der Waals surface area contributed by atoms with Crippen LogP contribution in [0.15, 0.2) is 132 Å². The van der Waals surface area contributed by atoms with Gasteiger partial charge in [-0.3, -0.25) is 19.8 Å². The molecule has 0 aliphatic carbocycles. The van der Waals surface area contributed by atoms with E-state index in [-0.39, 0.29) is 47.3 Å². The van der Waals surface area contributed by atoms with Crippen LogP contribution in [-0.4, -0.2) is 74.1 Å². The van der Waals surface area contributed by atoms with Crippen LogP contribution in [0.25, 0.3) is 0 Å². The topological polar surface area (TPSA) is 164 Å². The average Bonchev–Trinajstić information content (AvgIpc) is 3.26. The SMILES string of the molecule is Cc1ccc(S(=O)(=O)N[C@H](Cc2ccccc2)C(=O)NCc2ccc([C@H]3O[C@@H](CN4CCN(c5ccc([N+](=O)[O-])cc5)CC4)C[C@@H](c4ccc(CO)cc4)O3)cc2)cc1. The number of ether oxygens (including phenoxy) is 2. The lowest BCUT2D eigenvalue weighted by atomic mass is 9.99. The minimum Gasteiger partial charge on any atom is -0.392 e. The molecule has 5 aromatic carbocycles. The molecular formula is C45H49N5O8S. The number of nitrogens with one attached hydrogen (secondary N) is 2. The molecule has 308 valence electrons. The highest BCUT2D eigenvalue weighted by atomic mass is 32.2. The van der Waals surface area contributed by atoms with Crippen LogP contribution in [0.4, 0.5) is 11.4 Å². The summed E-state index contributed by atoms with van der Waals surface area (Å²) in [5, 5.41) is 23.7. The fourth-order valence-electron chi connectivity index (χ4n) is 7.41. The van der Waals surface area contributed by atoms with Gasteiger partial charge in [0.1, 0.15) is 6.04 Å². The zero-order chi connectivity index (χ0) is 41.4. The highest BCUT2D eigenvalue weighted by molar-refractivity contribution is 7.89. The second-order valence-corrected chi connectivity index (χ2v) is 16.8. The van der Waals surface area contributed by atoms with Crippen LogP contribution in [0.2, 0.25) is 0 Å². The molecule has 59 heavy (non-hydrogen) atoms. The fourth-order valence-corrected chi connectivity index (χ4v) is 8.61. The van der Waals surface area contributed by atoms with Gasteiger partial charge in [0.15, 0.2) is 6.29 Å². The lowest BCUT2D eigenvalue weighted by Crippen LogP contribution is -2.49. The maximum absolute atomic E-state index is 13.6. The van der Waals surface area contributed by atoms with Crippen LogP contribution in [0.5, 0.6) is 0 Å². The van der Waals surface area contributed by atoms with Gasteiger partial charge in [-0.2, -0.15) is 4.72 Å². The van der Waals surface area contributed by atoms with E-state index in [0.29, 0.717) is 13.0 Å². The quantitative estimate of drug-likeness (QED) is 0.0848. The number of sulfonamides is 1. The fraction of sp³-hybridized carbons (Fsp3) is 0.311. The molecule has 14 heteroatoms. The third kappa shape index (κ3) is 11.0. The number of aliphatic hydroxyl groups excluding tert-OH is 1. The summed E-state index contributed by atoms with van der Waals surface area (Å²) in [6.07, 6.45) is -0.246. The van der Waals surface area contributed by atoms with Gasteiger partial charge in [-0.15, -0.1) is 0 Å². The van der Waals surface area contributed by atoms with E-state index in [2.05, 4.69) is 19.8 Å². The second kappa shape index (κ2) is 19.1. The van der Waals surface area contributed by atoms with Gasteiger partial charge in [0.25, 0.3) is 5.69 Å². The van der Waals surface area contributed by atoms with Crippen LogP contribution < -0.4 is 14.9 Å². The molecule has 7 rings (SSSR count). The third-order valence-corrected chi connectivity index (χ3v) is 12.3. The summed E-state index contributed by atoms with van der Waals surface area (Å²) in [5.74, 6) is -0.445. The Morgan fingerprint density at radius 1 is 0.814 bits per heavy atom. The van der Waals surface area contributed by atoms with Crippen molar-refractivity contribution in [1.29, 1.82) is 0 Å². The number of benzene rings is 5. The molecule has 0 spiro atoms. The first-order valence-electron chi connectivity index (χ1n) is 19.7. The molecule has 0 aromatic heterocycles. The smallest absolute Gasteiger partial charge is 0.269 e. The standard InChI is InChI=1S/C45H49N5O8S/c1-32-7-21-41(22-8-32)59(55,56)47-42(27-33-5-3-2-4-6-33)44(52)46-29-34-9-15-37(16-10-34)45-57-40(28-43(58-45)36-13-11-35(31-51)12-14-36)30-48-23-25-49(26-24-48)38-17-19-39(20-18-38)50(53)54/h2-22,40,42-43,45,47,51H,23-31H2,1H3,(H,46,52)/t40-,42-,43+,45+/m1/s1. The van der Waals surface area contributed by atoms with E-state index in [1.54, 1.807) is 24.3 Å². The Balaban J connectivity index is 1.00. The summed E-state index contributed by atoms with van der Waals surface area (Å²) in [6.45, 7) is 5.87. The molecule has 2 aliphatic rings. The number of carbonyl (C=O) groups excluding carboxylic acids is 1. The van der Waals surface area contributed by atoms with Crippen molar-refractivity contribution in [3.05, 3.63) is 171 Å². The number of hydrogen-bond acceptors (Lipinski definition) is 10. The summed E-state index contributed by atoms with van der Waals surface area (Å²) >= 11 is 0. The Labute approximate surface area is 344 Å². The van der Waals surface area contributed by atoms with Crippen LogP contribution in [-0.2, 0) is 43.9 Å². The summed E-state index contributed by atoms with van der Waals surface area (Å²) in [5.41, 5.74) is 6.23. The molecule has 5 aromatic rings. The number of aryl methyl sites for hydroxylation is 1. The van der Waals surface area contributed by atoms with Crippen molar-refractivity contribution in [3.8, 4) is 0 Å². The monoisotopic (exact) mass is 819 g/mol. The highest BCUT2D eigenvalue weighted by Crippen LogP contribution is 2.38. The summed E-state index contributed by atoms with van der Waals surface area (Å²) in [4.78, 5) is 29.0. The van der Waals surface area contributed by atoms with Gasteiger partial charge >= 0.3 is 0 Å². The lowest BCUT2D eigenvalue weighted by molar-refractivity contribution is -0.384. The minimum atomic E-state index is -3.98. The minimum absolute atomic E-state index is 0.0461. The zero-order valence-electron chi connectivity index (χ0n) is 32.9. The number of aliphatic hydroxyl groups is 1. The molecular weight excluding hydrogens is 771 g/mol. The normalized spacial score (nSPS) is 19.2. The number of nitro groups is 1. The first-order chi connectivity index (χ1) is 28.5. The number of hydrogen-bond donors (Lipinski definition) is 3. The van der Waals surface area contributed by atoms with E-state index in [0.717, 1.165) is 65.2 Å². The number of anilines is 1. The molecule has 0 bridgehead atoms. The summed E-state index contributed by atoms with van der Waals surface area (Å²) in [7, 11) is -3.98. The average molecular weight is 820 g/mol. The summed E-state index contributed by atoms with van der Waals surface area (Å²) in [6, 6.07) is 36.8. The molecule has 2 aliphatic heterocycles. The number of carbonyl (C=O) groups is 1. The van der Waals surface area contributed by atoms with Crippen molar-refractivity contribution in [2.24, 2.45) is 0 Å². The van der Waals surface area contributed by atoms with E-state index in [1.165, 1.54) is 24.3 Å². The predicted molar refractivity (Wildman–Crippen MR) is 224 cm³/mol. The van der Waals surface area contributed by atoms with E-state index < -0.39 is 28.3 Å². The van der Waals surface area contributed by atoms with E-state index in [1.807, 2.05) is 85.8 Å². The van der Waals surface area contributed by atoms with E-state index in [4.69, 9.17) is 9.47 Å². The first-order valence-corrected chi connectivity index (χ1v) is 21.2. The number of nitrogens with zero attached hydrogens (tertiary/aromatic N) is 3. The molecule has 2 fully saturated rings. The van der Waals surface area contributed by atoms with Crippen molar-refractivity contribution < 1.29 is 32.7 Å². The van der Waals surface area contributed by atoms with E-state index >= 15 is 0 Å². The maximum atomic E-state index is 13.6. The Morgan fingerprint density at radius 2 is 1.46 bits per heavy atom.